The van der Waals surface area contributed by atoms with E-state index in [-0.39, 0.29) is 12.2 Å². The molecular weight excluding hydrogens is 322 g/mol. The van der Waals surface area contributed by atoms with Gasteiger partial charge in [-0.1, -0.05) is 27.2 Å². The van der Waals surface area contributed by atoms with Crippen LogP contribution in [0.3, 0.4) is 0 Å². The molecule has 1 rings (SSSR count). The molecule has 0 heterocycles. The summed E-state index contributed by atoms with van der Waals surface area (Å²) in [6.07, 6.45) is 1.09. The Balaban J connectivity index is 2.74. The molecule has 1 aliphatic carbocycles. The molecule has 136 valence electrons. The van der Waals surface area contributed by atoms with Gasteiger partial charge in [-0.3, -0.25) is 4.79 Å². The summed E-state index contributed by atoms with van der Waals surface area (Å²) >= 11 is 0. The summed E-state index contributed by atoms with van der Waals surface area (Å²) in [6, 6.07) is -0.788. The Kier molecular flexibility index (Phi) is 6.60. The van der Waals surface area contributed by atoms with Crippen molar-refractivity contribution >= 4 is 16.0 Å². The number of hydrogen-bond donors (Lipinski definition) is 3. The van der Waals surface area contributed by atoms with Crippen molar-refractivity contribution in [1.82, 2.24) is 4.72 Å². The van der Waals surface area contributed by atoms with E-state index in [1.807, 2.05) is 20.8 Å². The number of methoxy groups -OCH3 is 1. The minimum absolute atomic E-state index is 0.102. The maximum atomic E-state index is 12.3. The van der Waals surface area contributed by atoms with Gasteiger partial charge < -0.3 is 14.9 Å². The Hall–Kier alpha value is -0.700. The Bertz CT molecular complexity index is 507. The van der Waals surface area contributed by atoms with Crippen LogP contribution in [0, 0.1) is 10.8 Å². The maximum Gasteiger partial charge on any atom is 0.312 e. The highest BCUT2D eigenvalue weighted by molar-refractivity contribution is 7.89. The van der Waals surface area contributed by atoms with Crippen LogP contribution in [0.1, 0.15) is 46.5 Å². The molecule has 0 aliphatic heterocycles. The molecule has 7 nitrogen and oxygen atoms in total. The number of nitrogens with one attached hydrogen (secondary N) is 1. The van der Waals surface area contributed by atoms with Crippen LogP contribution in [-0.4, -0.2) is 56.2 Å². The van der Waals surface area contributed by atoms with Gasteiger partial charge in [0.2, 0.25) is 10.0 Å². The Labute approximate surface area is 138 Å². The smallest absolute Gasteiger partial charge is 0.312 e. The molecule has 0 bridgehead atoms. The molecule has 2 atom stereocenters. The van der Waals surface area contributed by atoms with Gasteiger partial charge in [0.05, 0.1) is 31.0 Å². The highest BCUT2D eigenvalue weighted by atomic mass is 32.2. The molecule has 1 fully saturated rings. The van der Waals surface area contributed by atoms with E-state index in [9.17, 15) is 23.4 Å². The Morgan fingerprint density at radius 2 is 1.91 bits per heavy atom. The normalized spacial score (nSPS) is 20.4. The van der Waals surface area contributed by atoms with Gasteiger partial charge in [0.25, 0.3) is 0 Å². The molecule has 0 aromatic carbocycles. The molecule has 3 N–H and O–H groups in total. The van der Waals surface area contributed by atoms with E-state index in [0.29, 0.717) is 12.8 Å². The van der Waals surface area contributed by atoms with Gasteiger partial charge in [0.15, 0.2) is 0 Å². The van der Waals surface area contributed by atoms with Crippen LogP contribution >= 0.6 is 0 Å². The first-order chi connectivity index (χ1) is 10.5. The zero-order chi connectivity index (χ0) is 17.9. The number of hydrogen-bond acceptors (Lipinski definition) is 6. The summed E-state index contributed by atoms with van der Waals surface area (Å²) in [4.78, 5) is 11.9. The number of aliphatic hydroxyl groups excluding tert-OH is 2. The molecule has 0 amide bonds. The number of carbonyl (C=O) groups excluding carboxylic acids is 1. The standard InChI is InChI=1S/C15H29NO6S/c1-14(2,3)12(18)8-11(9-17)16-23(20,21)10-15(6-5-7-15)13(19)22-4/h11-12,16-18H,5-10H2,1-4H3/t11-,12+/m1/s1. The molecule has 8 heteroatoms. The first kappa shape index (κ1) is 20.3. The number of ether oxygens (including phenoxy) is 1. The maximum absolute atomic E-state index is 12.3. The van der Waals surface area contributed by atoms with Crippen LogP contribution in [0.15, 0.2) is 0 Å². The van der Waals surface area contributed by atoms with Gasteiger partial charge in [-0.05, 0) is 24.7 Å². The second-order valence-electron chi connectivity index (χ2n) is 7.50. The monoisotopic (exact) mass is 351 g/mol. The topological polar surface area (TPSA) is 113 Å². The van der Waals surface area contributed by atoms with Crippen LogP contribution in [0.4, 0.5) is 0 Å². The van der Waals surface area contributed by atoms with Crippen LogP contribution in [0.2, 0.25) is 0 Å². The number of aliphatic hydroxyl groups is 2. The van der Waals surface area contributed by atoms with Gasteiger partial charge in [-0.2, -0.15) is 0 Å². The summed E-state index contributed by atoms with van der Waals surface area (Å²) < 4.78 is 31.8. The third-order valence-electron chi connectivity index (χ3n) is 4.47. The van der Waals surface area contributed by atoms with E-state index < -0.39 is 45.6 Å². The van der Waals surface area contributed by atoms with Crippen molar-refractivity contribution in [3.63, 3.8) is 0 Å². The predicted molar refractivity (Wildman–Crippen MR) is 86.2 cm³/mol. The Morgan fingerprint density at radius 1 is 1.35 bits per heavy atom. The van der Waals surface area contributed by atoms with Gasteiger partial charge in [0.1, 0.15) is 0 Å². The summed E-state index contributed by atoms with van der Waals surface area (Å²) in [5.41, 5.74) is -1.40. The molecule has 0 spiro atoms. The molecule has 1 aliphatic rings. The fourth-order valence-corrected chi connectivity index (χ4v) is 4.57. The molecule has 0 saturated heterocycles. The molecule has 0 aromatic rings. The molecule has 23 heavy (non-hydrogen) atoms. The number of carbonyl (C=O) groups is 1. The van der Waals surface area contributed by atoms with Crippen LogP contribution < -0.4 is 4.72 Å². The summed E-state index contributed by atoms with van der Waals surface area (Å²) in [5.74, 6) is -0.862. The minimum atomic E-state index is -3.78. The molecule has 0 unspecified atom stereocenters. The van der Waals surface area contributed by atoms with Crippen molar-refractivity contribution in [3.8, 4) is 0 Å². The van der Waals surface area contributed by atoms with Crippen molar-refractivity contribution in [3.05, 3.63) is 0 Å². The van der Waals surface area contributed by atoms with Gasteiger partial charge >= 0.3 is 5.97 Å². The molecule has 1 saturated carbocycles. The van der Waals surface area contributed by atoms with Crippen molar-refractivity contribution in [2.75, 3.05) is 19.5 Å². The summed E-state index contributed by atoms with van der Waals surface area (Å²) in [6.45, 7) is 5.08. The van der Waals surface area contributed by atoms with E-state index in [4.69, 9.17) is 4.74 Å². The molecule has 0 radical (unpaired) electrons. The van der Waals surface area contributed by atoms with Crippen LogP contribution in [-0.2, 0) is 19.6 Å². The van der Waals surface area contributed by atoms with E-state index in [0.717, 1.165) is 6.42 Å². The molecular formula is C15H29NO6S. The van der Waals surface area contributed by atoms with Gasteiger partial charge in [0, 0.05) is 6.04 Å². The van der Waals surface area contributed by atoms with Crippen molar-refractivity contribution in [2.45, 2.75) is 58.6 Å². The predicted octanol–water partition coefficient (Wildman–Crippen LogP) is 0.407. The average Bonchev–Trinajstić information content (AvgIpc) is 2.39. The van der Waals surface area contributed by atoms with E-state index in [2.05, 4.69) is 4.72 Å². The lowest BCUT2D eigenvalue weighted by Crippen LogP contribution is -2.50. The van der Waals surface area contributed by atoms with Gasteiger partial charge in [-0.25, -0.2) is 13.1 Å². The lowest BCUT2D eigenvalue weighted by molar-refractivity contribution is -0.156. The van der Waals surface area contributed by atoms with E-state index in [1.165, 1.54) is 7.11 Å². The highest BCUT2D eigenvalue weighted by Gasteiger charge is 2.48. The Morgan fingerprint density at radius 3 is 2.26 bits per heavy atom. The zero-order valence-corrected chi connectivity index (χ0v) is 15.1. The quantitative estimate of drug-likeness (QED) is 0.546. The summed E-state index contributed by atoms with van der Waals surface area (Å²) in [7, 11) is -2.53. The number of rotatable bonds is 8. The van der Waals surface area contributed by atoms with Crippen molar-refractivity contribution < 1.29 is 28.2 Å². The minimum Gasteiger partial charge on any atom is -0.469 e. The van der Waals surface area contributed by atoms with E-state index >= 15 is 0 Å². The van der Waals surface area contributed by atoms with Crippen LogP contribution in [0.25, 0.3) is 0 Å². The van der Waals surface area contributed by atoms with Gasteiger partial charge in [-0.15, -0.1) is 0 Å². The molecule has 0 aromatic heterocycles. The average molecular weight is 351 g/mol. The van der Waals surface area contributed by atoms with Crippen molar-refractivity contribution in [1.29, 1.82) is 0 Å². The third kappa shape index (κ3) is 5.41. The number of esters is 1. The lowest BCUT2D eigenvalue weighted by Gasteiger charge is -2.38. The lowest BCUT2D eigenvalue weighted by atomic mass is 9.70. The van der Waals surface area contributed by atoms with Crippen LogP contribution in [0.5, 0.6) is 0 Å². The third-order valence-corrected chi connectivity index (χ3v) is 6.09. The number of sulfonamides is 1. The highest BCUT2D eigenvalue weighted by Crippen LogP contribution is 2.43. The first-order valence-corrected chi connectivity index (χ1v) is 9.48. The second kappa shape index (κ2) is 7.46. The fraction of sp³-hybridized carbons (Fsp3) is 0.933. The zero-order valence-electron chi connectivity index (χ0n) is 14.3. The SMILES string of the molecule is COC(=O)C1(CS(=O)(=O)N[C@@H](CO)C[C@H](O)C(C)(C)C)CCC1. The first-order valence-electron chi connectivity index (χ1n) is 7.83. The largest absolute Gasteiger partial charge is 0.469 e. The summed E-state index contributed by atoms with van der Waals surface area (Å²) in [5, 5.41) is 19.5. The van der Waals surface area contributed by atoms with E-state index in [1.54, 1.807) is 0 Å². The second-order valence-corrected chi connectivity index (χ2v) is 9.25. The van der Waals surface area contributed by atoms with Crippen molar-refractivity contribution in [2.24, 2.45) is 10.8 Å². The fourth-order valence-electron chi connectivity index (χ4n) is 2.67.